The molecular weight excluding hydrogens is 218 g/mol. The average molecular weight is 226 g/mol. The lowest BCUT2D eigenvalue weighted by Crippen LogP contribution is -2.04. The summed E-state index contributed by atoms with van der Waals surface area (Å²) in [6.45, 7) is 3.68. The number of hydrogen-bond acceptors (Lipinski definition) is 2. The molecule has 1 aromatic heterocycles. The summed E-state index contributed by atoms with van der Waals surface area (Å²) in [7, 11) is 0. The van der Waals surface area contributed by atoms with Crippen molar-refractivity contribution in [3.63, 3.8) is 0 Å². The molecule has 1 heterocycles. The summed E-state index contributed by atoms with van der Waals surface area (Å²) in [4.78, 5) is 0. The van der Waals surface area contributed by atoms with Gasteiger partial charge in [-0.05, 0) is 25.6 Å². The maximum absolute atomic E-state index is 12.1. The molecule has 0 aliphatic carbocycles. The van der Waals surface area contributed by atoms with Crippen LogP contribution in [-0.2, 0) is 0 Å². The second-order valence-corrected chi connectivity index (χ2v) is 4.00. The maximum Gasteiger partial charge on any atom is 0.290 e. The molecule has 6 heteroatoms. The van der Waals surface area contributed by atoms with Gasteiger partial charge in [0.05, 0.1) is 0 Å². The van der Waals surface area contributed by atoms with E-state index >= 15 is 0 Å². The molecule has 1 rings (SSSR count). The molecule has 0 saturated heterocycles. The van der Waals surface area contributed by atoms with Gasteiger partial charge in [-0.25, -0.2) is 0 Å². The second-order valence-electron chi connectivity index (χ2n) is 2.65. The van der Waals surface area contributed by atoms with Crippen LogP contribution >= 0.6 is 23.4 Å². The van der Waals surface area contributed by atoms with E-state index in [1.165, 1.54) is 4.68 Å². The van der Waals surface area contributed by atoms with E-state index in [-0.39, 0.29) is 16.1 Å². The lowest BCUT2D eigenvalue weighted by atomic mass is 10.4. The molecule has 2 nitrogen and oxygen atoms in total. The minimum absolute atomic E-state index is 0.00463. The first-order valence-electron chi connectivity index (χ1n) is 3.63. The summed E-state index contributed by atoms with van der Waals surface area (Å²) >= 11 is 6.03. The number of nitrogens with zero attached hydrogens (tertiary/aromatic N) is 2. The van der Waals surface area contributed by atoms with Gasteiger partial charge in [-0.3, -0.25) is 4.68 Å². The molecule has 0 fully saturated rings. The van der Waals surface area contributed by atoms with Crippen molar-refractivity contribution < 1.29 is 8.78 Å². The molecule has 0 unspecified atom stereocenters. The summed E-state index contributed by atoms with van der Waals surface area (Å²) in [6.07, 6.45) is 2.45. The van der Waals surface area contributed by atoms with E-state index in [0.29, 0.717) is 11.8 Å². The van der Waals surface area contributed by atoms with E-state index in [1.807, 2.05) is 13.8 Å². The van der Waals surface area contributed by atoms with Crippen LogP contribution in [0.25, 0.3) is 0 Å². The van der Waals surface area contributed by atoms with Crippen molar-refractivity contribution in [2.75, 3.05) is 0 Å². The van der Waals surface area contributed by atoms with Crippen molar-refractivity contribution in [3.05, 3.63) is 11.2 Å². The number of aromatic nitrogens is 2. The topological polar surface area (TPSA) is 17.8 Å². The Morgan fingerprint density at radius 3 is 2.62 bits per heavy atom. The number of hydrogen-bond donors (Lipinski definition) is 0. The minimum atomic E-state index is -2.49. The normalized spacial score (nSPS) is 11.6. The van der Waals surface area contributed by atoms with Gasteiger partial charge < -0.3 is 0 Å². The first kappa shape index (κ1) is 10.8. The summed E-state index contributed by atoms with van der Waals surface area (Å²) in [5, 5.41) is 4.20. The van der Waals surface area contributed by atoms with Crippen LogP contribution < -0.4 is 0 Å². The molecule has 13 heavy (non-hydrogen) atoms. The molecule has 0 aliphatic rings. The smallest absolute Gasteiger partial charge is 0.254 e. The largest absolute Gasteiger partial charge is 0.290 e. The Hall–Kier alpha value is -0.290. The molecular formula is C7H8ClF2N2S. The summed E-state index contributed by atoms with van der Waals surface area (Å²) < 4.78 is 25.6. The molecule has 1 radical (unpaired) electrons. The quantitative estimate of drug-likeness (QED) is 0.735. The Morgan fingerprint density at radius 2 is 2.15 bits per heavy atom. The van der Waals surface area contributed by atoms with E-state index in [1.54, 1.807) is 0 Å². The first-order valence-corrected chi connectivity index (χ1v) is 4.88. The van der Waals surface area contributed by atoms with E-state index in [2.05, 4.69) is 11.3 Å². The highest BCUT2D eigenvalue weighted by atomic mass is 35.5. The number of rotatable bonds is 3. The lowest BCUT2D eigenvalue weighted by Gasteiger charge is -2.09. The molecule has 0 bridgehead atoms. The minimum Gasteiger partial charge on any atom is -0.254 e. The fourth-order valence-corrected chi connectivity index (χ4v) is 1.77. The van der Waals surface area contributed by atoms with Crippen LogP contribution in [0.4, 0.5) is 8.78 Å². The Labute approximate surface area is 84.3 Å². The van der Waals surface area contributed by atoms with E-state index in [0.717, 1.165) is 0 Å². The molecule has 0 N–H and O–H groups in total. The highest BCUT2D eigenvalue weighted by Gasteiger charge is 2.17. The van der Waals surface area contributed by atoms with Crippen LogP contribution in [0.2, 0.25) is 5.02 Å². The standard InChI is InChI=1S/C7H8ClF2N2S/c1-4(2)12-6(13-7(9)10)5(8)3-11-12/h4,7H,1-2H3. The summed E-state index contributed by atoms with van der Waals surface area (Å²) in [6, 6.07) is 0.00463. The predicted molar refractivity (Wildman–Crippen MR) is 48.3 cm³/mol. The van der Waals surface area contributed by atoms with E-state index in [4.69, 9.17) is 11.6 Å². The van der Waals surface area contributed by atoms with Crippen molar-refractivity contribution in [2.24, 2.45) is 0 Å². The fraction of sp³-hybridized carbons (Fsp3) is 0.571. The zero-order valence-corrected chi connectivity index (χ0v) is 8.66. The van der Waals surface area contributed by atoms with Crippen LogP contribution in [0, 0.1) is 6.20 Å². The van der Waals surface area contributed by atoms with Gasteiger partial charge in [-0.1, -0.05) is 11.6 Å². The SMILES string of the molecule is CC(C)n1n[c]c(Cl)c1SC(F)F. The Kier molecular flexibility index (Phi) is 3.55. The van der Waals surface area contributed by atoms with Gasteiger partial charge in [0.25, 0.3) is 5.76 Å². The number of thioether (sulfide) groups is 1. The number of halogens is 3. The summed E-state index contributed by atoms with van der Waals surface area (Å²) in [5.41, 5.74) is 0. The van der Waals surface area contributed by atoms with Crippen LogP contribution in [0.5, 0.6) is 0 Å². The maximum atomic E-state index is 12.1. The molecule has 0 atom stereocenters. The van der Waals surface area contributed by atoms with Gasteiger partial charge in [0.2, 0.25) is 0 Å². The third-order valence-electron chi connectivity index (χ3n) is 1.34. The van der Waals surface area contributed by atoms with Crippen LogP contribution in [0.3, 0.4) is 0 Å². The molecule has 0 aliphatic heterocycles. The predicted octanol–water partition coefficient (Wildman–Crippen LogP) is 3.23. The molecule has 0 amide bonds. The highest BCUT2D eigenvalue weighted by molar-refractivity contribution is 7.99. The number of alkyl halides is 2. The van der Waals surface area contributed by atoms with Crippen LogP contribution in [-0.4, -0.2) is 15.5 Å². The lowest BCUT2D eigenvalue weighted by molar-refractivity contribution is 0.251. The van der Waals surface area contributed by atoms with Gasteiger partial charge in [-0.15, -0.1) is 0 Å². The molecule has 73 valence electrons. The third-order valence-corrected chi connectivity index (χ3v) is 2.51. The van der Waals surface area contributed by atoms with E-state index in [9.17, 15) is 8.78 Å². The van der Waals surface area contributed by atoms with Gasteiger partial charge in [0.15, 0.2) is 0 Å². The Morgan fingerprint density at radius 1 is 1.54 bits per heavy atom. The summed E-state index contributed by atoms with van der Waals surface area (Å²) in [5.74, 6) is -2.49. The molecule has 0 spiro atoms. The van der Waals surface area contributed by atoms with Crippen molar-refractivity contribution in [1.82, 2.24) is 9.78 Å². The van der Waals surface area contributed by atoms with Crippen molar-refractivity contribution in [1.29, 1.82) is 0 Å². The van der Waals surface area contributed by atoms with Crippen molar-refractivity contribution >= 4 is 23.4 Å². The zero-order valence-electron chi connectivity index (χ0n) is 7.09. The zero-order chi connectivity index (χ0) is 10.0. The third kappa shape index (κ3) is 2.57. The van der Waals surface area contributed by atoms with Crippen molar-refractivity contribution in [3.8, 4) is 0 Å². The fourth-order valence-electron chi connectivity index (χ4n) is 0.832. The molecule has 0 saturated carbocycles. The molecule has 0 aromatic carbocycles. The monoisotopic (exact) mass is 225 g/mol. The Balaban J connectivity index is 2.94. The van der Waals surface area contributed by atoms with Gasteiger partial charge in [0, 0.05) is 6.04 Å². The van der Waals surface area contributed by atoms with Crippen LogP contribution in [0.15, 0.2) is 5.03 Å². The second kappa shape index (κ2) is 4.28. The highest BCUT2D eigenvalue weighted by Crippen LogP contribution is 2.32. The average Bonchev–Trinajstić information content (AvgIpc) is 2.32. The molecule has 1 aromatic rings. The van der Waals surface area contributed by atoms with Gasteiger partial charge in [-0.2, -0.15) is 13.9 Å². The van der Waals surface area contributed by atoms with E-state index < -0.39 is 5.76 Å². The van der Waals surface area contributed by atoms with Crippen LogP contribution in [0.1, 0.15) is 19.9 Å². The van der Waals surface area contributed by atoms with Crippen molar-refractivity contribution in [2.45, 2.75) is 30.7 Å². The Bertz CT molecular complexity index is 288. The first-order chi connectivity index (χ1) is 6.02. The van der Waals surface area contributed by atoms with Gasteiger partial charge >= 0.3 is 0 Å². The van der Waals surface area contributed by atoms with Gasteiger partial charge in [0.1, 0.15) is 16.2 Å².